The Morgan fingerprint density at radius 2 is 1.85 bits per heavy atom. The zero-order chi connectivity index (χ0) is 27.8. The summed E-state index contributed by atoms with van der Waals surface area (Å²) in [4.78, 5) is 45.4. The molecule has 2 aromatic carbocycles. The fourth-order valence-electron chi connectivity index (χ4n) is 6.05. The van der Waals surface area contributed by atoms with Crippen LogP contribution in [0.2, 0.25) is 0 Å². The second-order valence-electron chi connectivity index (χ2n) is 10.7. The first kappa shape index (κ1) is 26.2. The maximum absolute atomic E-state index is 13.8. The lowest BCUT2D eigenvalue weighted by molar-refractivity contribution is -0.363. The van der Waals surface area contributed by atoms with Gasteiger partial charge in [0.05, 0.1) is 23.8 Å². The van der Waals surface area contributed by atoms with E-state index in [-0.39, 0.29) is 29.6 Å². The number of benzene rings is 2. The van der Waals surface area contributed by atoms with Crippen LogP contribution in [-0.2, 0) is 9.53 Å². The summed E-state index contributed by atoms with van der Waals surface area (Å²) >= 11 is 0. The predicted molar refractivity (Wildman–Crippen MR) is 152 cm³/mol. The monoisotopic (exact) mass is 540 g/mol. The number of ketones is 2. The first-order chi connectivity index (χ1) is 19.5. The zero-order valence-electron chi connectivity index (χ0n) is 22.9. The molecule has 0 spiro atoms. The van der Waals surface area contributed by atoms with E-state index in [0.29, 0.717) is 52.5 Å². The van der Waals surface area contributed by atoms with E-state index in [9.17, 15) is 14.4 Å². The van der Waals surface area contributed by atoms with Gasteiger partial charge in [0.2, 0.25) is 17.6 Å². The van der Waals surface area contributed by atoms with Crippen LogP contribution < -0.4 is 15.0 Å². The summed E-state index contributed by atoms with van der Waals surface area (Å²) in [6.07, 6.45) is 8.13. The van der Waals surface area contributed by atoms with E-state index in [0.717, 1.165) is 50.2 Å². The van der Waals surface area contributed by atoms with Crippen molar-refractivity contribution in [2.75, 3.05) is 38.1 Å². The Bertz CT molecular complexity index is 1480. The highest BCUT2D eigenvalue weighted by Gasteiger charge is 2.41. The number of carbonyl (C=O) groups is 3. The molecule has 206 valence electrons. The van der Waals surface area contributed by atoms with Gasteiger partial charge < -0.3 is 19.7 Å². The molecule has 2 aliphatic heterocycles. The number of nitrogens with zero attached hydrogens (tertiary/aromatic N) is 1. The predicted octanol–water partition coefficient (Wildman–Crippen LogP) is 2.97. The van der Waals surface area contributed by atoms with Crippen molar-refractivity contribution in [1.29, 1.82) is 0 Å². The van der Waals surface area contributed by atoms with Crippen LogP contribution in [0.4, 0.5) is 11.4 Å². The van der Waals surface area contributed by atoms with Crippen LogP contribution in [-0.4, -0.2) is 67.0 Å². The van der Waals surface area contributed by atoms with Gasteiger partial charge >= 0.3 is 5.97 Å². The lowest BCUT2D eigenvalue weighted by atomic mass is 9.81. The van der Waals surface area contributed by atoms with E-state index in [1.807, 2.05) is 38.1 Å². The van der Waals surface area contributed by atoms with E-state index in [4.69, 9.17) is 9.47 Å². The smallest absolute Gasteiger partial charge is 0.309 e. The highest BCUT2D eigenvalue weighted by Crippen LogP contribution is 2.41. The van der Waals surface area contributed by atoms with Gasteiger partial charge in [-0.25, -0.2) is 4.99 Å². The number of hydrogen-bond donors (Lipinski definition) is 2. The molecule has 2 aliphatic carbocycles. The number of rotatable bonds is 7. The van der Waals surface area contributed by atoms with Crippen LogP contribution in [0.3, 0.4) is 0 Å². The Hall–Kier alpha value is -4.04. The number of piperidine rings is 1. The number of likely N-dealkylation sites (tertiary alicyclic amines) is 1. The van der Waals surface area contributed by atoms with Crippen LogP contribution in [0, 0.1) is 5.92 Å². The molecular formula is C32H34N3O5+. The lowest BCUT2D eigenvalue weighted by Crippen LogP contribution is -2.73. The minimum Gasteiger partial charge on any atom is -0.468 e. The Kier molecular flexibility index (Phi) is 7.11. The van der Waals surface area contributed by atoms with E-state index >= 15 is 0 Å². The third-order valence-electron chi connectivity index (χ3n) is 8.19. The van der Waals surface area contributed by atoms with E-state index < -0.39 is 0 Å². The maximum Gasteiger partial charge on any atom is 0.309 e. The summed E-state index contributed by atoms with van der Waals surface area (Å²) in [6.45, 7) is 7.49. The number of fused-ring (bicyclic) bond motifs is 5. The number of esters is 1. The van der Waals surface area contributed by atoms with Gasteiger partial charge in [0.15, 0.2) is 11.5 Å². The molecule has 0 bridgehead atoms. The molecule has 6 rings (SSSR count). The molecule has 2 heterocycles. The van der Waals surface area contributed by atoms with Gasteiger partial charge in [-0.05, 0) is 58.8 Å². The van der Waals surface area contributed by atoms with Crippen molar-refractivity contribution in [2.24, 2.45) is 5.92 Å². The molecule has 1 saturated heterocycles. The molecule has 1 unspecified atom stereocenters. The minimum absolute atomic E-state index is 0.00701. The summed E-state index contributed by atoms with van der Waals surface area (Å²) in [6, 6.07) is 8.85. The SMILES string of the molecule is CCOC(=O)C1CCN(CCCNc2cc3c(c4c2C(=O)c2ccccc2C4=O)[NH+]=C2C(C)=CC=CC2O3)CC1. The summed E-state index contributed by atoms with van der Waals surface area (Å²) in [5, 5.41) is 3.45. The largest absolute Gasteiger partial charge is 0.468 e. The Balaban J connectivity index is 1.23. The number of carbonyl (C=O) groups excluding carboxylic acids is 3. The van der Waals surface area contributed by atoms with E-state index in [1.165, 1.54) is 0 Å². The highest BCUT2D eigenvalue weighted by molar-refractivity contribution is 6.32. The number of ether oxygens (including phenoxy) is 2. The average Bonchev–Trinajstić information content (AvgIpc) is 2.97. The van der Waals surface area contributed by atoms with Crippen LogP contribution >= 0.6 is 0 Å². The van der Waals surface area contributed by atoms with Crippen molar-refractivity contribution < 1.29 is 28.8 Å². The van der Waals surface area contributed by atoms with Crippen molar-refractivity contribution >= 4 is 34.6 Å². The Labute approximate surface area is 233 Å². The molecule has 2 N–H and O–H groups in total. The number of hydrogen-bond acceptors (Lipinski definition) is 7. The van der Waals surface area contributed by atoms with Crippen LogP contribution in [0.15, 0.2) is 54.1 Å². The van der Waals surface area contributed by atoms with Crippen molar-refractivity contribution in [1.82, 2.24) is 4.90 Å². The molecule has 1 atom stereocenters. The molecule has 8 nitrogen and oxygen atoms in total. The van der Waals surface area contributed by atoms with Gasteiger partial charge in [-0.3, -0.25) is 14.4 Å². The summed E-state index contributed by atoms with van der Waals surface area (Å²) in [7, 11) is 0. The quantitative estimate of drug-likeness (QED) is 0.351. The van der Waals surface area contributed by atoms with Gasteiger partial charge in [-0.1, -0.05) is 36.4 Å². The summed E-state index contributed by atoms with van der Waals surface area (Å²) in [5.74, 6) is 0.112. The van der Waals surface area contributed by atoms with Gasteiger partial charge in [0.1, 0.15) is 5.56 Å². The molecule has 0 amide bonds. The first-order valence-corrected chi connectivity index (χ1v) is 14.1. The molecule has 0 aromatic heterocycles. The van der Waals surface area contributed by atoms with E-state index in [1.54, 1.807) is 24.3 Å². The molecule has 2 aromatic rings. The summed E-state index contributed by atoms with van der Waals surface area (Å²) < 4.78 is 11.5. The average molecular weight is 541 g/mol. The molecular weight excluding hydrogens is 506 g/mol. The Morgan fingerprint density at radius 3 is 2.58 bits per heavy atom. The van der Waals surface area contributed by atoms with Crippen molar-refractivity contribution in [2.45, 2.75) is 39.2 Å². The molecule has 8 heteroatoms. The molecule has 0 saturated carbocycles. The highest BCUT2D eigenvalue weighted by atomic mass is 16.5. The van der Waals surface area contributed by atoms with Crippen LogP contribution in [0.1, 0.15) is 65.0 Å². The third kappa shape index (κ3) is 4.66. The minimum atomic E-state index is -0.275. The molecule has 1 fully saturated rings. The molecule has 0 radical (unpaired) electrons. The standard InChI is InChI=1S/C32H33N3O5/c1-3-39-32(38)20-12-16-35(17-13-20)15-7-14-33-23-18-25-29(34-28-19(2)8-6-11-24(28)40-25)27-26(23)30(36)21-9-4-5-10-22(21)31(27)37/h4-6,8-11,18,20,24,33H,3,7,12-17H2,1-2H3/p+1. The zero-order valence-corrected chi connectivity index (χ0v) is 22.9. The van der Waals surface area contributed by atoms with Crippen molar-refractivity contribution in [3.63, 3.8) is 0 Å². The first-order valence-electron chi connectivity index (χ1n) is 14.1. The number of anilines is 1. The van der Waals surface area contributed by atoms with Crippen molar-refractivity contribution in [3.8, 4) is 5.75 Å². The molecule has 4 aliphatic rings. The summed E-state index contributed by atoms with van der Waals surface area (Å²) in [5.41, 5.74) is 4.65. The Morgan fingerprint density at radius 1 is 1.12 bits per heavy atom. The third-order valence-corrected chi connectivity index (χ3v) is 8.19. The van der Waals surface area contributed by atoms with Gasteiger partial charge in [0, 0.05) is 29.3 Å². The lowest BCUT2D eigenvalue weighted by Gasteiger charge is -2.31. The van der Waals surface area contributed by atoms with Gasteiger partial charge in [0.25, 0.3) is 5.69 Å². The number of nitrogens with one attached hydrogen (secondary N) is 2. The topological polar surface area (TPSA) is 98.9 Å². The van der Waals surface area contributed by atoms with Gasteiger partial charge in [-0.15, -0.1) is 0 Å². The second kappa shape index (κ2) is 10.8. The fourth-order valence-corrected chi connectivity index (χ4v) is 6.05. The van der Waals surface area contributed by atoms with Crippen LogP contribution in [0.25, 0.3) is 0 Å². The van der Waals surface area contributed by atoms with Crippen molar-refractivity contribution in [3.05, 3.63) is 76.4 Å². The fraction of sp³-hybridized carbons (Fsp3) is 0.375. The second-order valence-corrected chi connectivity index (χ2v) is 10.7. The number of allylic oxidation sites excluding steroid dienone is 2. The van der Waals surface area contributed by atoms with E-state index in [2.05, 4.69) is 15.2 Å². The molecule has 40 heavy (non-hydrogen) atoms. The van der Waals surface area contributed by atoms with Crippen LogP contribution in [0.5, 0.6) is 5.75 Å². The van der Waals surface area contributed by atoms with Gasteiger partial charge in [-0.2, -0.15) is 0 Å². The normalized spacial score (nSPS) is 19.9. The maximum atomic E-state index is 13.8.